The van der Waals surface area contributed by atoms with Gasteiger partial charge in [0.15, 0.2) is 0 Å². The highest BCUT2D eigenvalue weighted by atomic mass is 16.6. The van der Waals surface area contributed by atoms with Crippen LogP contribution in [-0.4, -0.2) is 52.9 Å². The van der Waals surface area contributed by atoms with Crippen molar-refractivity contribution >= 4 is 17.7 Å². The highest BCUT2D eigenvalue weighted by Crippen LogP contribution is 2.18. The Balaban J connectivity index is 0.00000306. The minimum atomic E-state index is -0.348. The number of pyridine rings is 2. The minimum absolute atomic E-state index is 0. The van der Waals surface area contributed by atoms with E-state index in [9.17, 15) is 9.59 Å². The fraction of sp³-hybridized carbons (Fsp3) is 0.280. The zero-order valence-electron chi connectivity index (χ0n) is 18.3. The van der Waals surface area contributed by atoms with Crippen molar-refractivity contribution in [3.63, 3.8) is 0 Å². The molecule has 1 fully saturated rings. The summed E-state index contributed by atoms with van der Waals surface area (Å²) in [5.74, 6) is 1.13. The number of anilines is 1. The first-order valence-corrected chi connectivity index (χ1v) is 10.7. The van der Waals surface area contributed by atoms with Crippen LogP contribution in [0.3, 0.4) is 0 Å². The second kappa shape index (κ2) is 9.60. The lowest BCUT2D eigenvalue weighted by atomic mass is 10.1. The van der Waals surface area contributed by atoms with Crippen molar-refractivity contribution in [2.75, 3.05) is 31.1 Å². The Hall–Kier alpha value is -3.74. The summed E-state index contributed by atoms with van der Waals surface area (Å²) in [6.07, 6.45) is 2.10. The summed E-state index contributed by atoms with van der Waals surface area (Å²) in [6, 6.07) is 16.4. The number of hydrogen-bond donors (Lipinski definition) is 0. The number of carbonyl (C=O) groups is 2. The highest BCUT2D eigenvalue weighted by Gasteiger charge is 2.22. The molecule has 3 aromatic rings. The average molecular weight is 433 g/mol. The Morgan fingerprint density at radius 1 is 0.938 bits per heavy atom. The zero-order valence-corrected chi connectivity index (χ0v) is 18.3. The minimum Gasteiger partial charge on any atom is -0.410 e. The van der Waals surface area contributed by atoms with Gasteiger partial charge in [0.1, 0.15) is 17.3 Å². The number of amides is 1. The van der Waals surface area contributed by atoms with Gasteiger partial charge in [-0.05, 0) is 56.7 Å². The van der Waals surface area contributed by atoms with Crippen molar-refractivity contribution in [2.45, 2.75) is 20.3 Å². The molecule has 1 aliphatic heterocycles. The van der Waals surface area contributed by atoms with Gasteiger partial charge in [0, 0.05) is 45.1 Å². The average Bonchev–Trinajstić information content (AvgIpc) is 3.07. The van der Waals surface area contributed by atoms with Crippen LogP contribution in [0.15, 0.2) is 60.8 Å². The van der Waals surface area contributed by atoms with Gasteiger partial charge >= 0.3 is 6.09 Å². The molecule has 1 aromatic carbocycles. The number of benzene rings is 1. The fourth-order valence-corrected chi connectivity index (χ4v) is 3.69. The molecule has 0 N–H and O–H groups in total. The van der Waals surface area contributed by atoms with E-state index in [1.807, 2.05) is 38.1 Å². The molecule has 166 valence electrons. The summed E-state index contributed by atoms with van der Waals surface area (Å²) in [4.78, 5) is 38.2. The number of hydrogen-bond acceptors (Lipinski definition) is 6. The molecule has 0 saturated carbocycles. The summed E-state index contributed by atoms with van der Waals surface area (Å²) < 4.78 is 5.52. The standard InChI is InChI=1S/C25H26N4O3.H2/c1-18-9-11-20(12-10-18)32-25(31)29-15-5-14-28(16-17-29)23-8-3-7-22(27-23)24(30)21-6-4-13-26-19(21)2;/h3-4,6-13H,5,14-17H2,1-2H3;1H. The van der Waals surface area contributed by atoms with E-state index in [0.717, 1.165) is 24.3 Å². The Labute approximate surface area is 189 Å². The van der Waals surface area contributed by atoms with Gasteiger partial charge in [-0.1, -0.05) is 23.8 Å². The van der Waals surface area contributed by atoms with Crippen molar-refractivity contribution in [3.05, 3.63) is 83.3 Å². The number of aryl methyl sites for hydroxylation is 2. The lowest BCUT2D eigenvalue weighted by molar-refractivity contribution is 0.103. The fourth-order valence-electron chi connectivity index (χ4n) is 3.69. The first-order valence-electron chi connectivity index (χ1n) is 10.7. The van der Waals surface area contributed by atoms with E-state index in [1.54, 1.807) is 41.4 Å². The van der Waals surface area contributed by atoms with Crippen LogP contribution in [0.25, 0.3) is 0 Å². The van der Waals surface area contributed by atoms with Crippen molar-refractivity contribution in [1.82, 2.24) is 14.9 Å². The summed E-state index contributed by atoms with van der Waals surface area (Å²) in [6.45, 7) is 6.28. The Morgan fingerprint density at radius 2 is 1.75 bits per heavy atom. The summed E-state index contributed by atoms with van der Waals surface area (Å²) in [7, 11) is 0. The highest BCUT2D eigenvalue weighted by molar-refractivity contribution is 6.08. The first-order chi connectivity index (χ1) is 15.5. The van der Waals surface area contributed by atoms with E-state index < -0.39 is 0 Å². The number of aromatic nitrogens is 2. The van der Waals surface area contributed by atoms with E-state index in [-0.39, 0.29) is 13.3 Å². The lowest BCUT2D eigenvalue weighted by Crippen LogP contribution is -2.37. The SMILES string of the molecule is Cc1ccc(OC(=O)N2CCCN(c3cccc(C(=O)c4cccnc4C)n3)CC2)cc1.[HH]. The van der Waals surface area contributed by atoms with Crippen LogP contribution in [0.5, 0.6) is 5.75 Å². The van der Waals surface area contributed by atoms with Crippen LogP contribution in [0, 0.1) is 13.8 Å². The molecule has 1 aliphatic rings. The third-order valence-electron chi connectivity index (χ3n) is 5.52. The molecule has 7 heteroatoms. The molecule has 3 heterocycles. The maximum Gasteiger partial charge on any atom is 0.415 e. The normalized spacial score (nSPS) is 14.1. The van der Waals surface area contributed by atoms with Gasteiger partial charge < -0.3 is 14.5 Å². The molecule has 4 rings (SSSR count). The summed E-state index contributed by atoms with van der Waals surface area (Å²) >= 11 is 0. The van der Waals surface area contributed by atoms with Crippen LogP contribution >= 0.6 is 0 Å². The summed E-state index contributed by atoms with van der Waals surface area (Å²) in [5, 5.41) is 0. The van der Waals surface area contributed by atoms with E-state index in [0.29, 0.717) is 42.3 Å². The first kappa shape index (κ1) is 21.5. The zero-order chi connectivity index (χ0) is 22.5. The summed E-state index contributed by atoms with van der Waals surface area (Å²) in [5.41, 5.74) is 2.74. The van der Waals surface area contributed by atoms with Crippen molar-refractivity contribution in [3.8, 4) is 5.75 Å². The van der Waals surface area contributed by atoms with E-state index >= 15 is 0 Å². The van der Waals surface area contributed by atoms with Gasteiger partial charge in [0.05, 0.1) is 0 Å². The quantitative estimate of drug-likeness (QED) is 0.573. The molecule has 1 saturated heterocycles. The Bertz CT molecular complexity index is 1120. The molecule has 0 unspecified atom stereocenters. The number of nitrogens with zero attached hydrogens (tertiary/aromatic N) is 4. The maximum absolute atomic E-state index is 12.9. The second-order valence-corrected chi connectivity index (χ2v) is 7.86. The van der Waals surface area contributed by atoms with Crippen LogP contribution in [0.4, 0.5) is 10.6 Å². The maximum atomic E-state index is 12.9. The number of carbonyl (C=O) groups excluding carboxylic acids is 2. The Morgan fingerprint density at radius 3 is 2.53 bits per heavy atom. The van der Waals surface area contributed by atoms with E-state index in [1.165, 1.54) is 0 Å². The van der Waals surface area contributed by atoms with Gasteiger partial charge in [-0.15, -0.1) is 0 Å². The predicted octanol–water partition coefficient (Wildman–Crippen LogP) is 4.28. The largest absolute Gasteiger partial charge is 0.415 e. The monoisotopic (exact) mass is 432 g/mol. The number of rotatable bonds is 4. The molecule has 1 amide bonds. The van der Waals surface area contributed by atoms with Crippen LogP contribution in [0.1, 0.15) is 35.2 Å². The molecule has 2 aromatic heterocycles. The molecule has 32 heavy (non-hydrogen) atoms. The van der Waals surface area contributed by atoms with E-state index in [2.05, 4.69) is 14.9 Å². The van der Waals surface area contributed by atoms with Gasteiger partial charge in [-0.25, -0.2) is 9.78 Å². The third kappa shape index (κ3) is 4.94. The van der Waals surface area contributed by atoms with Crippen molar-refractivity contribution in [2.24, 2.45) is 0 Å². The Kier molecular flexibility index (Phi) is 6.44. The molecule has 0 bridgehead atoms. The molecule has 0 radical (unpaired) electrons. The van der Waals surface area contributed by atoms with Crippen LogP contribution in [-0.2, 0) is 0 Å². The number of ketones is 1. The predicted molar refractivity (Wildman–Crippen MR) is 124 cm³/mol. The van der Waals surface area contributed by atoms with E-state index in [4.69, 9.17) is 4.74 Å². The molecule has 0 atom stereocenters. The van der Waals surface area contributed by atoms with Gasteiger partial charge in [-0.2, -0.15) is 0 Å². The van der Waals surface area contributed by atoms with Crippen molar-refractivity contribution < 1.29 is 15.8 Å². The van der Waals surface area contributed by atoms with Crippen LogP contribution in [0.2, 0.25) is 0 Å². The molecular formula is C25H28N4O3. The lowest BCUT2D eigenvalue weighted by Gasteiger charge is -2.23. The third-order valence-corrected chi connectivity index (χ3v) is 5.52. The molecule has 0 aliphatic carbocycles. The van der Waals surface area contributed by atoms with Crippen molar-refractivity contribution in [1.29, 1.82) is 0 Å². The van der Waals surface area contributed by atoms with Gasteiger partial charge in [0.2, 0.25) is 5.78 Å². The van der Waals surface area contributed by atoms with Crippen LogP contribution < -0.4 is 9.64 Å². The molecule has 0 spiro atoms. The smallest absolute Gasteiger partial charge is 0.410 e. The topological polar surface area (TPSA) is 75.6 Å². The molecular weight excluding hydrogens is 404 g/mol. The number of ether oxygens (including phenoxy) is 1. The van der Waals surface area contributed by atoms with Gasteiger partial charge in [-0.3, -0.25) is 9.78 Å². The second-order valence-electron chi connectivity index (χ2n) is 7.86. The van der Waals surface area contributed by atoms with Gasteiger partial charge in [0.25, 0.3) is 0 Å². The molecule has 7 nitrogen and oxygen atoms in total.